The van der Waals surface area contributed by atoms with E-state index in [1.807, 2.05) is 0 Å². The van der Waals surface area contributed by atoms with Crippen molar-refractivity contribution >= 4 is 0 Å². The quantitative estimate of drug-likeness (QED) is 0.691. The highest BCUT2D eigenvalue weighted by Crippen LogP contribution is 2.32. The molecule has 26 heavy (non-hydrogen) atoms. The summed E-state index contributed by atoms with van der Waals surface area (Å²) in [6, 6.07) is 0. The zero-order valence-corrected chi connectivity index (χ0v) is 16.3. The molecule has 0 aromatic carbocycles. The maximum Gasteiger partial charge on any atom is 0.251 e. The summed E-state index contributed by atoms with van der Waals surface area (Å²) in [5.41, 5.74) is 0. The summed E-state index contributed by atoms with van der Waals surface area (Å²) >= 11 is 0. The molecule has 0 bridgehead atoms. The number of hydrogen-bond acceptors (Lipinski definition) is 3. The van der Waals surface area contributed by atoms with Gasteiger partial charge in [-0.3, -0.25) is 0 Å². The zero-order valence-electron chi connectivity index (χ0n) is 16.3. The fourth-order valence-electron chi connectivity index (χ4n) is 4.22. The first-order valence-corrected chi connectivity index (χ1v) is 10.3. The molecule has 0 spiro atoms. The van der Waals surface area contributed by atoms with Gasteiger partial charge in [0, 0.05) is 25.6 Å². The van der Waals surface area contributed by atoms with Gasteiger partial charge in [0.2, 0.25) is 0 Å². The third-order valence-corrected chi connectivity index (χ3v) is 6.26. The summed E-state index contributed by atoms with van der Waals surface area (Å²) in [7, 11) is 2.22. The summed E-state index contributed by atoms with van der Waals surface area (Å²) in [4.78, 5) is 5.05. The Labute approximate surface area is 157 Å². The van der Waals surface area contributed by atoms with Gasteiger partial charge in [-0.05, 0) is 71.5 Å². The molecule has 5 heteroatoms. The van der Waals surface area contributed by atoms with E-state index in [0.29, 0.717) is 12.2 Å². The molecule has 2 saturated heterocycles. The minimum atomic E-state index is -2.34. The molecule has 2 heterocycles. The van der Waals surface area contributed by atoms with Crippen molar-refractivity contribution in [2.75, 3.05) is 39.8 Å². The van der Waals surface area contributed by atoms with Crippen LogP contribution in [0, 0.1) is 29.6 Å². The van der Waals surface area contributed by atoms with Crippen LogP contribution in [0.15, 0.2) is 0 Å². The van der Waals surface area contributed by atoms with E-state index < -0.39 is 12.3 Å². The van der Waals surface area contributed by atoms with Gasteiger partial charge < -0.3 is 14.5 Å². The van der Waals surface area contributed by atoms with E-state index in [9.17, 15) is 8.78 Å². The van der Waals surface area contributed by atoms with E-state index in [2.05, 4.69) is 28.7 Å². The monoisotopic (exact) mass is 368 g/mol. The Hall–Kier alpha value is -0.700. The van der Waals surface area contributed by atoms with Gasteiger partial charge in [0.05, 0.1) is 18.1 Å². The SMILES string of the molecule is CC(C#C[C@H]1C[C@H](OC2CCN(CC3CCN(C)CC3)CC2)C1)C(F)F. The fourth-order valence-corrected chi connectivity index (χ4v) is 4.22. The highest BCUT2D eigenvalue weighted by Gasteiger charge is 2.32. The molecule has 1 unspecified atom stereocenters. The Kier molecular flexibility index (Phi) is 7.31. The molecule has 0 aromatic rings. The third kappa shape index (κ3) is 5.90. The highest BCUT2D eigenvalue weighted by atomic mass is 19.3. The molecule has 0 radical (unpaired) electrons. The number of piperidine rings is 2. The molecule has 0 amide bonds. The van der Waals surface area contributed by atoms with E-state index in [1.165, 1.54) is 39.4 Å². The van der Waals surface area contributed by atoms with E-state index in [1.54, 1.807) is 0 Å². The van der Waals surface area contributed by atoms with Gasteiger partial charge in [0.25, 0.3) is 6.43 Å². The van der Waals surface area contributed by atoms with Crippen molar-refractivity contribution in [3.05, 3.63) is 0 Å². The fraction of sp³-hybridized carbons (Fsp3) is 0.905. The minimum absolute atomic E-state index is 0.255. The van der Waals surface area contributed by atoms with Gasteiger partial charge in [-0.1, -0.05) is 11.8 Å². The number of nitrogens with zero attached hydrogens (tertiary/aromatic N) is 2. The van der Waals surface area contributed by atoms with Gasteiger partial charge in [-0.15, -0.1) is 0 Å². The molecule has 3 fully saturated rings. The lowest BCUT2D eigenvalue weighted by Crippen LogP contribution is -2.44. The molecule has 1 saturated carbocycles. The summed E-state index contributed by atoms with van der Waals surface area (Å²) in [5, 5.41) is 0. The molecule has 1 atom stereocenters. The van der Waals surface area contributed by atoms with Crippen molar-refractivity contribution in [2.45, 2.75) is 64.1 Å². The predicted molar refractivity (Wildman–Crippen MR) is 100 cm³/mol. The van der Waals surface area contributed by atoms with Crippen LogP contribution < -0.4 is 0 Å². The Morgan fingerprint density at radius 1 is 1.00 bits per heavy atom. The molecular weight excluding hydrogens is 334 g/mol. The molecule has 3 rings (SSSR count). The summed E-state index contributed by atoms with van der Waals surface area (Å²) in [6.45, 7) is 7.53. The van der Waals surface area contributed by atoms with E-state index in [-0.39, 0.29) is 5.92 Å². The average Bonchev–Trinajstić information content (AvgIpc) is 2.60. The van der Waals surface area contributed by atoms with Gasteiger partial charge in [-0.25, -0.2) is 8.78 Å². The molecule has 3 nitrogen and oxygen atoms in total. The maximum absolute atomic E-state index is 12.4. The van der Waals surface area contributed by atoms with Gasteiger partial charge in [0.15, 0.2) is 0 Å². The second-order valence-corrected chi connectivity index (χ2v) is 8.58. The van der Waals surface area contributed by atoms with Crippen LogP contribution in [0.2, 0.25) is 0 Å². The molecule has 1 aliphatic carbocycles. The summed E-state index contributed by atoms with van der Waals surface area (Å²) < 4.78 is 31.1. The van der Waals surface area contributed by atoms with Gasteiger partial charge in [-0.2, -0.15) is 0 Å². The van der Waals surface area contributed by atoms with Gasteiger partial charge >= 0.3 is 0 Å². The van der Waals surface area contributed by atoms with E-state index >= 15 is 0 Å². The highest BCUT2D eigenvalue weighted by molar-refractivity contribution is 5.11. The summed E-state index contributed by atoms with van der Waals surface area (Å²) in [5.74, 6) is 6.00. The first-order valence-electron chi connectivity index (χ1n) is 10.3. The van der Waals surface area contributed by atoms with Crippen molar-refractivity contribution < 1.29 is 13.5 Å². The van der Waals surface area contributed by atoms with Crippen molar-refractivity contribution in [3.63, 3.8) is 0 Å². The van der Waals surface area contributed by atoms with Crippen molar-refractivity contribution in [1.82, 2.24) is 9.80 Å². The van der Waals surface area contributed by atoms with Crippen LogP contribution in [0.3, 0.4) is 0 Å². The number of ether oxygens (including phenoxy) is 1. The largest absolute Gasteiger partial charge is 0.375 e. The van der Waals surface area contributed by atoms with Crippen LogP contribution in [0.25, 0.3) is 0 Å². The average molecular weight is 369 g/mol. The molecule has 2 aliphatic heterocycles. The number of likely N-dealkylation sites (tertiary alicyclic amines) is 2. The van der Waals surface area contributed by atoms with Crippen LogP contribution in [-0.2, 0) is 4.74 Å². The first kappa shape index (κ1) is 20.0. The van der Waals surface area contributed by atoms with Crippen LogP contribution in [-0.4, -0.2) is 68.2 Å². The Bertz CT molecular complexity index is 482. The standard InChI is InChI=1S/C21H34F2N2O/c1-16(21(22)23)3-4-18-13-20(14-18)26-19-7-11-25(12-8-19)15-17-5-9-24(2)10-6-17/h16-21H,5-15H2,1-2H3/t16?,18-,20-. The Balaban J connectivity index is 1.28. The molecule has 0 N–H and O–H groups in total. The second-order valence-electron chi connectivity index (χ2n) is 8.58. The maximum atomic E-state index is 12.4. The number of halogens is 2. The van der Waals surface area contributed by atoms with Crippen LogP contribution in [0.5, 0.6) is 0 Å². The molecule has 0 aromatic heterocycles. The smallest absolute Gasteiger partial charge is 0.251 e. The van der Waals surface area contributed by atoms with Crippen molar-refractivity contribution in [2.24, 2.45) is 17.8 Å². The minimum Gasteiger partial charge on any atom is -0.375 e. The van der Waals surface area contributed by atoms with E-state index in [0.717, 1.165) is 44.7 Å². The van der Waals surface area contributed by atoms with Crippen molar-refractivity contribution in [3.8, 4) is 11.8 Å². The van der Waals surface area contributed by atoms with Gasteiger partial charge in [0.1, 0.15) is 0 Å². The molecular formula is C21H34F2N2O. The topological polar surface area (TPSA) is 15.7 Å². The number of alkyl halides is 2. The lowest BCUT2D eigenvalue weighted by Gasteiger charge is -2.40. The van der Waals surface area contributed by atoms with Crippen LogP contribution in [0.4, 0.5) is 8.78 Å². The molecule has 148 valence electrons. The normalized spacial score (nSPS) is 30.7. The second kappa shape index (κ2) is 9.48. The number of hydrogen-bond donors (Lipinski definition) is 0. The Morgan fingerprint density at radius 2 is 1.65 bits per heavy atom. The van der Waals surface area contributed by atoms with Crippen molar-refractivity contribution in [1.29, 1.82) is 0 Å². The Morgan fingerprint density at radius 3 is 2.27 bits per heavy atom. The summed E-state index contributed by atoms with van der Waals surface area (Å²) in [6.07, 6.45) is 5.09. The molecule has 3 aliphatic rings. The zero-order chi connectivity index (χ0) is 18.5. The lowest BCUT2D eigenvalue weighted by atomic mass is 9.82. The number of rotatable bonds is 5. The van der Waals surface area contributed by atoms with Crippen LogP contribution in [0.1, 0.15) is 45.4 Å². The first-order chi connectivity index (χ1) is 12.5. The lowest BCUT2D eigenvalue weighted by molar-refractivity contribution is -0.0858. The predicted octanol–water partition coefficient (Wildman–Crippen LogP) is 3.49. The third-order valence-electron chi connectivity index (χ3n) is 6.26. The van der Waals surface area contributed by atoms with Crippen LogP contribution >= 0.6 is 0 Å². The van der Waals surface area contributed by atoms with E-state index in [4.69, 9.17) is 4.74 Å².